The van der Waals surface area contributed by atoms with Gasteiger partial charge in [-0.2, -0.15) is 0 Å². The van der Waals surface area contributed by atoms with Gasteiger partial charge in [-0.1, -0.05) is 0 Å². The summed E-state index contributed by atoms with van der Waals surface area (Å²) in [5, 5.41) is 3.08. The molecule has 2 heteroatoms. The van der Waals surface area contributed by atoms with Gasteiger partial charge in [0.2, 0.25) is 0 Å². The fourth-order valence-electron chi connectivity index (χ4n) is 0.841. The molecule has 0 bridgehead atoms. The normalized spacial score (nSPS) is 8.20. The number of halogens is 1. The van der Waals surface area contributed by atoms with E-state index in [4.69, 9.17) is 0 Å². The van der Waals surface area contributed by atoms with Crippen LogP contribution in [0.2, 0.25) is 10.6 Å². The van der Waals surface area contributed by atoms with Crippen LogP contribution < -0.4 is 17.0 Å². The monoisotopic (exact) mass is 220 g/mol. The molecule has 0 aromatic rings. The molecule has 0 saturated heterocycles. The van der Waals surface area contributed by atoms with Crippen molar-refractivity contribution in [2.75, 3.05) is 0 Å². The maximum Gasteiger partial charge on any atom is -1.00 e. The van der Waals surface area contributed by atoms with Crippen molar-refractivity contribution in [3.63, 3.8) is 0 Å². The Kier molecular flexibility index (Phi) is 17.2. The van der Waals surface area contributed by atoms with Crippen molar-refractivity contribution in [1.82, 2.24) is 0 Å². The molecule has 10 heavy (non-hydrogen) atoms. The first-order chi connectivity index (χ1) is 4.41. The van der Waals surface area contributed by atoms with Crippen LogP contribution in [0.5, 0.6) is 0 Å². The zero-order valence-corrected chi connectivity index (χ0v) is 9.94. The summed E-state index contributed by atoms with van der Waals surface area (Å²) in [4.78, 5) is 0. The van der Waals surface area contributed by atoms with E-state index >= 15 is 0 Å². The van der Waals surface area contributed by atoms with Crippen LogP contribution in [0.15, 0.2) is 0 Å². The maximum absolute atomic E-state index is 2.28. The molecule has 0 rings (SSSR count). The van der Waals surface area contributed by atoms with E-state index in [1.807, 2.05) is 0 Å². The second-order valence-electron chi connectivity index (χ2n) is 2.57. The van der Waals surface area contributed by atoms with Gasteiger partial charge in [0, 0.05) is 0 Å². The van der Waals surface area contributed by atoms with Gasteiger partial charge < -0.3 is 17.0 Å². The average Bonchev–Trinajstić information content (AvgIpc) is 1.89. The zero-order chi connectivity index (χ0) is 6.95. The molecule has 0 atom stereocenters. The van der Waals surface area contributed by atoms with E-state index in [2.05, 4.69) is 13.8 Å². The Morgan fingerprint density at radius 2 is 1.30 bits per heavy atom. The van der Waals surface area contributed by atoms with Crippen LogP contribution >= 0.6 is 0 Å². The molecule has 0 nitrogen and oxygen atoms in total. The Morgan fingerprint density at radius 3 is 1.60 bits per heavy atom. The van der Waals surface area contributed by atoms with Crippen molar-refractivity contribution in [1.29, 1.82) is 0 Å². The van der Waals surface area contributed by atoms with Crippen LogP contribution in [0.3, 0.4) is 0 Å². The van der Waals surface area contributed by atoms with Crippen LogP contribution in [0, 0.1) is 0 Å². The van der Waals surface area contributed by atoms with Gasteiger partial charge in [-0.15, -0.1) is 0 Å². The van der Waals surface area contributed by atoms with E-state index < -0.39 is 0 Å². The summed E-state index contributed by atoms with van der Waals surface area (Å²) in [5.74, 6) is 0. The molecule has 0 unspecified atom stereocenters. The van der Waals surface area contributed by atoms with Crippen molar-refractivity contribution < 1.29 is 17.0 Å². The Morgan fingerprint density at radius 1 is 0.900 bits per heavy atom. The molecule has 0 amide bonds. The SMILES string of the molecule is CCC[CH2][Al+][CH2]CCC.[Br-]. The number of rotatable bonds is 6. The predicted octanol–water partition coefficient (Wildman–Crippen LogP) is 0.131. The Bertz CT molecular complexity index is 42.5. The molecule has 0 aliphatic heterocycles. The van der Waals surface area contributed by atoms with Crippen LogP contribution in [-0.4, -0.2) is 15.2 Å². The van der Waals surface area contributed by atoms with Crippen molar-refractivity contribution >= 4 is 15.2 Å². The molecule has 0 fully saturated rings. The van der Waals surface area contributed by atoms with E-state index in [0.717, 1.165) is 15.2 Å². The van der Waals surface area contributed by atoms with Gasteiger partial charge in [0.1, 0.15) is 0 Å². The van der Waals surface area contributed by atoms with Crippen LogP contribution in [0.1, 0.15) is 39.5 Å². The van der Waals surface area contributed by atoms with Gasteiger partial charge in [0.25, 0.3) is 0 Å². The van der Waals surface area contributed by atoms with Gasteiger partial charge in [-0.05, 0) is 0 Å². The first-order valence-corrected chi connectivity index (χ1v) is 5.86. The summed E-state index contributed by atoms with van der Waals surface area (Å²) in [6.07, 6.45) is 5.72. The summed E-state index contributed by atoms with van der Waals surface area (Å²) in [7, 11) is 0. The average molecular weight is 221 g/mol. The van der Waals surface area contributed by atoms with Crippen molar-refractivity contribution in [3.05, 3.63) is 0 Å². The quantitative estimate of drug-likeness (QED) is 0.442. The van der Waals surface area contributed by atoms with Crippen molar-refractivity contribution in [3.8, 4) is 0 Å². The topological polar surface area (TPSA) is 0 Å². The first kappa shape index (κ1) is 13.6. The molecule has 0 aliphatic carbocycles. The van der Waals surface area contributed by atoms with E-state index in [1.54, 1.807) is 0 Å². The summed E-state index contributed by atoms with van der Waals surface area (Å²) in [5.41, 5.74) is 0. The fraction of sp³-hybridized carbons (Fsp3) is 1.00. The number of hydrogen-bond donors (Lipinski definition) is 0. The summed E-state index contributed by atoms with van der Waals surface area (Å²) < 4.78 is 0. The number of unbranched alkanes of at least 4 members (excludes halogenated alkanes) is 2. The van der Waals surface area contributed by atoms with E-state index in [0.29, 0.717) is 0 Å². The molecular weight excluding hydrogens is 203 g/mol. The van der Waals surface area contributed by atoms with Crippen LogP contribution in [0.25, 0.3) is 0 Å². The first-order valence-electron chi connectivity index (χ1n) is 4.23. The summed E-state index contributed by atoms with van der Waals surface area (Å²) in [6, 6.07) is 0. The Hall–Kier alpha value is 1.01. The molecule has 0 aromatic heterocycles. The molecule has 0 aromatic carbocycles. The summed E-state index contributed by atoms with van der Waals surface area (Å²) >= 11 is 0.818. The third-order valence-corrected chi connectivity index (χ3v) is 3.16. The van der Waals surface area contributed by atoms with Crippen molar-refractivity contribution in [2.24, 2.45) is 0 Å². The molecule has 0 spiro atoms. The number of hydrogen-bond acceptors (Lipinski definition) is 0. The Labute approximate surface area is 82.3 Å². The third-order valence-electron chi connectivity index (χ3n) is 1.52. The van der Waals surface area contributed by atoms with Gasteiger partial charge in [0.15, 0.2) is 0 Å². The maximum atomic E-state index is 2.28. The van der Waals surface area contributed by atoms with E-state index in [9.17, 15) is 0 Å². The summed E-state index contributed by atoms with van der Waals surface area (Å²) in [6.45, 7) is 4.55. The van der Waals surface area contributed by atoms with Crippen molar-refractivity contribution in [2.45, 2.75) is 50.1 Å². The predicted molar refractivity (Wildman–Crippen MR) is 45.2 cm³/mol. The molecule has 60 valence electrons. The zero-order valence-electron chi connectivity index (χ0n) is 7.20. The molecular formula is C8H18AlBr. The standard InChI is InChI=1S/2C4H9.Al.BrH/c2*1-3-4-2;;/h2*1,3-4H2,2H3;;1H/q;;+1;/p-1. The minimum atomic E-state index is 0. The van der Waals surface area contributed by atoms with Gasteiger partial charge in [-0.3, -0.25) is 0 Å². The smallest absolute Gasteiger partial charge is 1.00 e. The van der Waals surface area contributed by atoms with Gasteiger partial charge in [-0.25, -0.2) is 0 Å². The molecule has 0 N–H and O–H groups in total. The van der Waals surface area contributed by atoms with Gasteiger partial charge in [0.05, 0.1) is 0 Å². The molecule has 0 radical (unpaired) electrons. The molecule has 0 aliphatic rings. The van der Waals surface area contributed by atoms with E-state index in [1.165, 1.54) is 36.2 Å². The third kappa shape index (κ3) is 11.8. The van der Waals surface area contributed by atoms with Gasteiger partial charge >= 0.3 is 65.3 Å². The Balaban J connectivity index is 0. The van der Waals surface area contributed by atoms with Crippen LogP contribution in [-0.2, 0) is 0 Å². The minimum absolute atomic E-state index is 0. The van der Waals surface area contributed by atoms with Crippen LogP contribution in [0.4, 0.5) is 0 Å². The second-order valence-corrected chi connectivity index (χ2v) is 4.31. The largest absolute Gasteiger partial charge is 1.00 e. The fourth-order valence-corrected chi connectivity index (χ4v) is 2.52. The van der Waals surface area contributed by atoms with E-state index in [-0.39, 0.29) is 17.0 Å². The molecule has 0 heterocycles. The second kappa shape index (κ2) is 12.7. The molecule has 0 saturated carbocycles. The minimum Gasteiger partial charge on any atom is -1.00 e.